The number of hydrogen-bond donors (Lipinski definition) is 2. The lowest BCUT2D eigenvalue weighted by Gasteiger charge is -2.34. The second-order valence-electron chi connectivity index (χ2n) is 6.78. The molecule has 6 nitrogen and oxygen atoms in total. The first-order chi connectivity index (χ1) is 12.5. The fourth-order valence-electron chi connectivity index (χ4n) is 3.74. The smallest absolute Gasteiger partial charge is 0.215 e. The second-order valence-corrected chi connectivity index (χ2v) is 6.78. The fraction of sp³-hybridized carbons (Fsp3) is 0.316. The van der Waals surface area contributed by atoms with Gasteiger partial charge in [0.1, 0.15) is 23.2 Å². The molecule has 2 aromatic rings. The summed E-state index contributed by atoms with van der Waals surface area (Å²) >= 11 is 0. The van der Waals surface area contributed by atoms with Crippen molar-refractivity contribution in [2.75, 3.05) is 23.7 Å². The zero-order valence-corrected chi connectivity index (χ0v) is 14.3. The highest BCUT2D eigenvalue weighted by molar-refractivity contribution is 6.12. The number of nitrogen functional groups attached to an aromatic ring is 1. The normalized spacial score (nSPS) is 21.7. The van der Waals surface area contributed by atoms with Crippen LogP contribution >= 0.6 is 0 Å². The summed E-state index contributed by atoms with van der Waals surface area (Å²) in [5.41, 5.74) is 6.12. The number of nitrogens with one attached hydrogen (secondary N) is 1. The van der Waals surface area contributed by atoms with Crippen molar-refractivity contribution in [3.05, 3.63) is 53.9 Å². The van der Waals surface area contributed by atoms with Crippen molar-refractivity contribution in [2.45, 2.75) is 24.9 Å². The molecule has 4 heterocycles. The van der Waals surface area contributed by atoms with E-state index >= 15 is 0 Å². The molecule has 2 aliphatic heterocycles. The third-order valence-corrected chi connectivity index (χ3v) is 5.01. The zero-order chi connectivity index (χ0) is 18.3. The maximum Gasteiger partial charge on any atom is 0.215 e. The number of nitrogens with zero attached hydrogens (tertiary/aromatic N) is 3. The van der Waals surface area contributed by atoms with E-state index in [0.29, 0.717) is 17.9 Å². The SMILES string of the molecule is C=C(F)c1ccc(N2CC3CCC(C2)N3)nc1C(=O)c1cccnc1N.[HH].[HH].[HH]. The van der Waals surface area contributed by atoms with Gasteiger partial charge < -0.3 is 16.0 Å². The van der Waals surface area contributed by atoms with E-state index in [0.717, 1.165) is 25.9 Å². The number of hydrogen-bond acceptors (Lipinski definition) is 6. The Labute approximate surface area is 155 Å². The number of pyridine rings is 2. The minimum absolute atomic E-state index is 0. The van der Waals surface area contributed by atoms with Gasteiger partial charge in [-0.05, 0) is 37.1 Å². The number of ketones is 1. The summed E-state index contributed by atoms with van der Waals surface area (Å²) < 4.78 is 13.9. The van der Waals surface area contributed by atoms with Gasteiger partial charge in [-0.3, -0.25) is 4.79 Å². The van der Waals surface area contributed by atoms with Gasteiger partial charge in [-0.25, -0.2) is 14.4 Å². The van der Waals surface area contributed by atoms with Crippen molar-refractivity contribution in [3.8, 4) is 0 Å². The van der Waals surface area contributed by atoms with Gasteiger partial charge >= 0.3 is 0 Å². The second kappa shape index (κ2) is 6.49. The Morgan fingerprint density at radius 2 is 2.00 bits per heavy atom. The quantitative estimate of drug-likeness (QED) is 0.817. The molecule has 2 fully saturated rings. The lowest BCUT2D eigenvalue weighted by molar-refractivity contribution is 0.103. The van der Waals surface area contributed by atoms with E-state index in [-0.39, 0.29) is 26.9 Å². The molecule has 26 heavy (non-hydrogen) atoms. The molecule has 2 aliphatic rings. The molecule has 2 atom stereocenters. The Balaban J connectivity index is 0.00000140. The van der Waals surface area contributed by atoms with Crippen LogP contribution in [0.1, 0.15) is 38.7 Å². The van der Waals surface area contributed by atoms with Crippen molar-refractivity contribution in [2.24, 2.45) is 0 Å². The molecular weight excluding hydrogens is 333 g/mol. The maximum absolute atomic E-state index is 13.9. The molecule has 0 spiro atoms. The average molecular weight is 359 g/mol. The van der Waals surface area contributed by atoms with E-state index in [1.165, 1.54) is 6.20 Å². The number of carbonyl (C=O) groups is 1. The van der Waals surface area contributed by atoms with Gasteiger partial charge in [0, 0.05) is 41.2 Å². The van der Waals surface area contributed by atoms with E-state index in [2.05, 4.69) is 26.8 Å². The molecule has 0 radical (unpaired) electrons. The van der Waals surface area contributed by atoms with Crippen molar-refractivity contribution >= 4 is 23.2 Å². The molecule has 2 bridgehead atoms. The summed E-state index contributed by atoms with van der Waals surface area (Å²) in [4.78, 5) is 23.5. The van der Waals surface area contributed by atoms with E-state index in [4.69, 9.17) is 5.73 Å². The fourth-order valence-corrected chi connectivity index (χ4v) is 3.74. The summed E-state index contributed by atoms with van der Waals surface area (Å²) in [7, 11) is 0. The first-order valence-electron chi connectivity index (χ1n) is 8.65. The van der Waals surface area contributed by atoms with Crippen LogP contribution in [0.4, 0.5) is 16.0 Å². The van der Waals surface area contributed by atoms with Gasteiger partial charge in [-0.1, -0.05) is 6.58 Å². The molecule has 7 heteroatoms. The van der Waals surface area contributed by atoms with Gasteiger partial charge in [0.15, 0.2) is 0 Å². The first kappa shape index (κ1) is 16.7. The molecule has 0 aliphatic carbocycles. The van der Waals surface area contributed by atoms with Crippen molar-refractivity contribution in [1.29, 1.82) is 0 Å². The van der Waals surface area contributed by atoms with Gasteiger partial charge in [-0.15, -0.1) is 0 Å². The molecule has 0 saturated carbocycles. The van der Waals surface area contributed by atoms with Crippen molar-refractivity contribution in [3.63, 3.8) is 0 Å². The molecule has 0 aromatic carbocycles. The van der Waals surface area contributed by atoms with Crippen LogP contribution in [0, 0.1) is 0 Å². The summed E-state index contributed by atoms with van der Waals surface area (Å²) in [6.45, 7) is 4.97. The standard InChI is InChI=1S/C19H20FN5O.3H2/c1-11(20)14-6-7-16(25-9-12-4-5-13(10-25)23-12)24-17(14)18(26)15-3-2-8-22-19(15)21;;;/h2-3,6-8,12-13,23H,1,4-5,9-10H2,(H2,21,22);3*1H. The van der Waals surface area contributed by atoms with E-state index in [9.17, 15) is 9.18 Å². The molecule has 2 unspecified atom stereocenters. The Bertz CT molecular complexity index is 886. The highest BCUT2D eigenvalue weighted by Gasteiger charge is 2.33. The highest BCUT2D eigenvalue weighted by Crippen LogP contribution is 2.28. The van der Waals surface area contributed by atoms with Gasteiger partial charge in [0.05, 0.1) is 5.56 Å². The van der Waals surface area contributed by atoms with E-state index < -0.39 is 11.6 Å². The number of aromatic nitrogens is 2. The summed E-state index contributed by atoms with van der Waals surface area (Å²) in [6.07, 6.45) is 3.78. The minimum atomic E-state index is -0.699. The number of fused-ring (bicyclic) bond motifs is 2. The zero-order valence-electron chi connectivity index (χ0n) is 14.3. The molecular formula is C19H26FN5O. The predicted molar refractivity (Wildman–Crippen MR) is 105 cm³/mol. The van der Waals surface area contributed by atoms with Crippen molar-refractivity contribution < 1.29 is 13.5 Å². The van der Waals surface area contributed by atoms with Crippen molar-refractivity contribution in [1.82, 2.24) is 15.3 Å². The van der Waals surface area contributed by atoms with Crippen LogP contribution < -0.4 is 16.0 Å². The van der Waals surface area contributed by atoms with Crippen LogP contribution in [0.5, 0.6) is 0 Å². The van der Waals surface area contributed by atoms with Crippen LogP contribution in [0.3, 0.4) is 0 Å². The van der Waals surface area contributed by atoms with Crippen LogP contribution in [0.25, 0.3) is 5.83 Å². The number of rotatable bonds is 4. The first-order valence-corrected chi connectivity index (χ1v) is 8.65. The Hall–Kier alpha value is -2.80. The van der Waals surface area contributed by atoms with E-state index in [1.807, 2.05) is 0 Å². The van der Waals surface area contributed by atoms with E-state index in [1.54, 1.807) is 24.3 Å². The molecule has 4 rings (SSSR count). The minimum Gasteiger partial charge on any atom is -0.383 e. The summed E-state index contributed by atoms with van der Waals surface area (Å²) in [5, 5.41) is 3.56. The number of piperazine rings is 1. The number of halogens is 1. The topological polar surface area (TPSA) is 84.1 Å². The molecule has 3 N–H and O–H groups in total. The third-order valence-electron chi connectivity index (χ3n) is 5.01. The maximum atomic E-state index is 13.9. The van der Waals surface area contributed by atoms with Crippen LogP contribution in [-0.2, 0) is 0 Å². The third kappa shape index (κ3) is 2.94. The van der Waals surface area contributed by atoms with Crippen LogP contribution in [0.15, 0.2) is 37.0 Å². The summed E-state index contributed by atoms with van der Waals surface area (Å²) in [5.74, 6) is -0.390. The van der Waals surface area contributed by atoms with Crippen LogP contribution in [-0.4, -0.2) is 40.9 Å². The Morgan fingerprint density at radius 1 is 1.27 bits per heavy atom. The highest BCUT2D eigenvalue weighted by atomic mass is 19.1. The molecule has 140 valence electrons. The Morgan fingerprint density at radius 3 is 2.65 bits per heavy atom. The monoisotopic (exact) mass is 359 g/mol. The van der Waals surface area contributed by atoms with Gasteiger partial charge in [-0.2, -0.15) is 0 Å². The number of anilines is 2. The summed E-state index contributed by atoms with van der Waals surface area (Å²) in [6, 6.07) is 7.35. The molecule has 2 aromatic heterocycles. The predicted octanol–water partition coefficient (Wildman–Crippen LogP) is 2.91. The van der Waals surface area contributed by atoms with Gasteiger partial charge in [0.25, 0.3) is 0 Å². The Kier molecular flexibility index (Phi) is 4.16. The number of nitrogens with two attached hydrogens (primary N) is 1. The largest absolute Gasteiger partial charge is 0.383 e. The lowest BCUT2D eigenvalue weighted by atomic mass is 10.0. The molecule has 2 saturated heterocycles. The molecule has 0 amide bonds. The lowest BCUT2D eigenvalue weighted by Crippen LogP contribution is -2.51. The number of carbonyl (C=O) groups excluding carboxylic acids is 1. The average Bonchev–Trinajstić information content (AvgIpc) is 2.98. The van der Waals surface area contributed by atoms with Crippen LogP contribution in [0.2, 0.25) is 0 Å². The van der Waals surface area contributed by atoms with Gasteiger partial charge in [0.2, 0.25) is 5.78 Å².